The topological polar surface area (TPSA) is 169 Å². The Morgan fingerprint density at radius 1 is 0.864 bits per heavy atom. The zero-order valence-electron chi connectivity index (χ0n) is 24.6. The number of H-pyrrole nitrogens is 1. The molecular formula is C35H37N7O2. The molecule has 0 aliphatic heterocycles. The minimum Gasteiger partial charge on any atom is -0.465 e. The van der Waals surface area contributed by atoms with Crippen LogP contribution in [0.25, 0.3) is 11.0 Å². The van der Waals surface area contributed by atoms with Gasteiger partial charge in [-0.2, -0.15) is 0 Å². The Morgan fingerprint density at radius 2 is 1.48 bits per heavy atom. The molecule has 0 fully saturated rings. The summed E-state index contributed by atoms with van der Waals surface area (Å²) in [7, 11) is 0. The highest BCUT2D eigenvalue weighted by molar-refractivity contribution is 5.95. The largest absolute Gasteiger partial charge is 0.465 e. The van der Waals surface area contributed by atoms with Crippen LogP contribution in [0.4, 0.5) is 4.79 Å². The predicted octanol–water partition coefficient (Wildman–Crippen LogP) is 6.15. The summed E-state index contributed by atoms with van der Waals surface area (Å²) in [6.07, 6.45) is 1.09. The number of benzene rings is 4. The number of imidazole rings is 1. The van der Waals surface area contributed by atoms with Crippen molar-refractivity contribution in [1.82, 2.24) is 14.9 Å². The van der Waals surface area contributed by atoms with E-state index in [4.69, 9.17) is 22.3 Å². The predicted molar refractivity (Wildman–Crippen MR) is 174 cm³/mol. The monoisotopic (exact) mass is 587 g/mol. The summed E-state index contributed by atoms with van der Waals surface area (Å²) in [5.74, 6) is 0.700. The van der Waals surface area contributed by atoms with Crippen molar-refractivity contribution in [1.29, 1.82) is 10.8 Å². The van der Waals surface area contributed by atoms with Gasteiger partial charge in [0.15, 0.2) is 0 Å². The Balaban J connectivity index is 1.57. The zero-order valence-corrected chi connectivity index (χ0v) is 24.6. The molecule has 2 unspecified atom stereocenters. The molecule has 1 aromatic heterocycles. The van der Waals surface area contributed by atoms with Crippen LogP contribution in [-0.2, 0) is 19.4 Å². The first-order chi connectivity index (χ1) is 21.2. The maximum Gasteiger partial charge on any atom is 0.408 e. The van der Waals surface area contributed by atoms with Crippen molar-refractivity contribution in [2.75, 3.05) is 0 Å². The van der Waals surface area contributed by atoms with E-state index in [1.54, 1.807) is 12.1 Å². The standard InChI is InChI=1S/C35H37N7O2/c1-22-40-30-18-17-29(20-31(30)41-22)32(42(35(43)44)21-25-10-14-27(15-11-25)34(38)39)28(19-24-5-3-2-4-6-24)16-9-23-7-12-26(13-8-23)33(36)37/h2-8,10-15,17-18,20,28,32H,9,16,19,21H2,1H3,(H3,36,37)(H3,38,39)(H,40,41)(H,43,44). The first-order valence-corrected chi connectivity index (χ1v) is 14.5. The second-order valence-electron chi connectivity index (χ2n) is 11.2. The van der Waals surface area contributed by atoms with Crippen LogP contribution in [0, 0.1) is 23.7 Å². The van der Waals surface area contributed by atoms with E-state index in [0.29, 0.717) is 24.0 Å². The number of fused-ring (bicyclic) bond motifs is 1. The molecule has 4 aromatic carbocycles. The van der Waals surface area contributed by atoms with E-state index in [0.717, 1.165) is 45.5 Å². The third kappa shape index (κ3) is 7.12. The highest BCUT2D eigenvalue weighted by Crippen LogP contribution is 2.37. The molecule has 0 saturated heterocycles. The molecule has 0 aliphatic carbocycles. The fourth-order valence-electron chi connectivity index (χ4n) is 5.81. The van der Waals surface area contributed by atoms with Crippen LogP contribution < -0.4 is 11.5 Å². The quantitative estimate of drug-likeness (QED) is 0.0758. The van der Waals surface area contributed by atoms with Crippen molar-refractivity contribution in [2.45, 2.75) is 38.8 Å². The summed E-state index contributed by atoms with van der Waals surface area (Å²) in [6, 6.07) is 30.5. The van der Waals surface area contributed by atoms with E-state index < -0.39 is 12.1 Å². The lowest BCUT2D eigenvalue weighted by Crippen LogP contribution is -2.38. The summed E-state index contributed by atoms with van der Waals surface area (Å²) in [5, 5.41) is 26.2. The number of nitrogens with one attached hydrogen (secondary N) is 3. The average Bonchev–Trinajstić information content (AvgIpc) is 3.39. The van der Waals surface area contributed by atoms with Crippen LogP contribution in [-0.4, -0.2) is 37.7 Å². The van der Waals surface area contributed by atoms with Gasteiger partial charge < -0.3 is 21.6 Å². The molecule has 224 valence electrons. The SMILES string of the molecule is Cc1nc2ccc(C(C(CCc3ccc(C(=N)N)cc3)Cc3ccccc3)N(Cc3ccc(C(=N)N)cc3)C(=O)O)cc2[nH]1. The van der Waals surface area contributed by atoms with Gasteiger partial charge in [0.05, 0.1) is 17.1 Å². The fourth-order valence-corrected chi connectivity index (χ4v) is 5.81. The molecule has 0 aliphatic rings. The van der Waals surface area contributed by atoms with Gasteiger partial charge in [-0.3, -0.25) is 15.7 Å². The van der Waals surface area contributed by atoms with Crippen molar-refractivity contribution < 1.29 is 9.90 Å². The van der Waals surface area contributed by atoms with Crippen LogP contribution in [0.3, 0.4) is 0 Å². The van der Waals surface area contributed by atoms with Gasteiger partial charge in [-0.1, -0.05) is 84.9 Å². The summed E-state index contributed by atoms with van der Waals surface area (Å²) in [5.41, 5.74) is 18.2. The summed E-state index contributed by atoms with van der Waals surface area (Å²) >= 11 is 0. The highest BCUT2D eigenvalue weighted by Gasteiger charge is 2.33. The third-order valence-corrected chi connectivity index (χ3v) is 8.02. The van der Waals surface area contributed by atoms with Gasteiger partial charge in [0.25, 0.3) is 0 Å². The molecule has 1 amide bonds. The number of rotatable bonds is 12. The Hall–Kier alpha value is -5.44. The number of carboxylic acid groups (broad SMARTS) is 1. The van der Waals surface area contributed by atoms with E-state index in [1.165, 1.54) is 4.90 Å². The molecule has 5 rings (SSSR count). The number of hydrogen-bond donors (Lipinski definition) is 6. The number of aromatic amines is 1. The molecular weight excluding hydrogens is 550 g/mol. The van der Waals surface area contributed by atoms with Crippen LogP contribution in [0.1, 0.15) is 51.7 Å². The average molecular weight is 588 g/mol. The number of hydrogen-bond acceptors (Lipinski definition) is 4. The minimum atomic E-state index is -1.02. The van der Waals surface area contributed by atoms with Crippen LogP contribution in [0.2, 0.25) is 0 Å². The van der Waals surface area contributed by atoms with Gasteiger partial charge in [0.1, 0.15) is 17.5 Å². The number of nitrogens with zero attached hydrogens (tertiary/aromatic N) is 2. The number of carbonyl (C=O) groups is 1. The minimum absolute atomic E-state index is 0.0245. The van der Waals surface area contributed by atoms with Crippen molar-refractivity contribution >= 4 is 28.8 Å². The van der Waals surface area contributed by atoms with Crippen LogP contribution in [0.15, 0.2) is 97.1 Å². The summed E-state index contributed by atoms with van der Waals surface area (Å²) in [6.45, 7) is 2.07. The molecule has 9 heteroatoms. The van der Waals surface area contributed by atoms with Gasteiger partial charge in [-0.15, -0.1) is 0 Å². The van der Waals surface area contributed by atoms with Crippen molar-refractivity contribution in [3.63, 3.8) is 0 Å². The van der Waals surface area contributed by atoms with E-state index in [-0.39, 0.29) is 24.1 Å². The second-order valence-corrected chi connectivity index (χ2v) is 11.2. The lowest BCUT2D eigenvalue weighted by Gasteiger charge is -2.36. The first kappa shape index (κ1) is 30.0. The maximum atomic E-state index is 13.1. The molecule has 2 atom stereocenters. The molecule has 0 radical (unpaired) electrons. The molecule has 9 nitrogen and oxygen atoms in total. The molecule has 0 spiro atoms. The van der Waals surface area contributed by atoms with Gasteiger partial charge in [-0.25, -0.2) is 9.78 Å². The number of nitrogens with two attached hydrogens (primary N) is 2. The van der Waals surface area contributed by atoms with E-state index in [1.807, 2.05) is 79.7 Å². The maximum absolute atomic E-state index is 13.1. The lowest BCUT2D eigenvalue weighted by atomic mass is 9.82. The van der Waals surface area contributed by atoms with Gasteiger partial charge in [0, 0.05) is 17.7 Å². The normalized spacial score (nSPS) is 12.5. The van der Waals surface area contributed by atoms with Gasteiger partial charge >= 0.3 is 6.09 Å². The molecule has 44 heavy (non-hydrogen) atoms. The number of amidine groups is 2. The molecule has 5 aromatic rings. The summed E-state index contributed by atoms with van der Waals surface area (Å²) < 4.78 is 0. The lowest BCUT2D eigenvalue weighted by molar-refractivity contribution is 0.0961. The van der Waals surface area contributed by atoms with E-state index >= 15 is 0 Å². The van der Waals surface area contributed by atoms with Crippen LogP contribution in [0.5, 0.6) is 0 Å². The number of nitrogen functional groups attached to an aromatic ring is 2. The number of amides is 1. The second kappa shape index (κ2) is 13.2. The van der Waals surface area contributed by atoms with Crippen molar-refractivity contribution in [2.24, 2.45) is 17.4 Å². The Bertz CT molecular complexity index is 1760. The summed E-state index contributed by atoms with van der Waals surface area (Å²) in [4.78, 5) is 22.5. The Kier molecular flexibility index (Phi) is 9.04. The highest BCUT2D eigenvalue weighted by atomic mass is 16.4. The number of aryl methyl sites for hydroxylation is 2. The first-order valence-electron chi connectivity index (χ1n) is 14.5. The van der Waals surface area contributed by atoms with E-state index in [2.05, 4.69) is 22.1 Å². The van der Waals surface area contributed by atoms with E-state index in [9.17, 15) is 9.90 Å². The molecule has 1 heterocycles. The fraction of sp³-hybridized carbons (Fsp3) is 0.200. The van der Waals surface area contributed by atoms with Crippen LogP contribution >= 0.6 is 0 Å². The smallest absolute Gasteiger partial charge is 0.408 e. The Labute approximate surface area is 256 Å². The van der Waals surface area contributed by atoms with Crippen molar-refractivity contribution in [3.8, 4) is 0 Å². The number of aromatic nitrogens is 2. The van der Waals surface area contributed by atoms with Gasteiger partial charge in [0.2, 0.25) is 0 Å². The molecule has 0 saturated carbocycles. The molecule has 0 bridgehead atoms. The zero-order chi connectivity index (χ0) is 31.2. The Morgan fingerprint density at radius 3 is 2.07 bits per heavy atom. The molecule has 8 N–H and O–H groups in total. The van der Waals surface area contributed by atoms with Gasteiger partial charge in [-0.05, 0) is 66.5 Å². The third-order valence-electron chi connectivity index (χ3n) is 8.02. The van der Waals surface area contributed by atoms with Crippen molar-refractivity contribution in [3.05, 3.63) is 136 Å².